The van der Waals surface area contributed by atoms with Crippen molar-refractivity contribution >= 4 is 0 Å². The highest BCUT2D eigenvalue weighted by molar-refractivity contribution is 5.03. The Bertz CT molecular complexity index is 177. The molecule has 1 unspecified atom stereocenters. The Hall–Kier alpha value is -0.0800. The molecule has 1 saturated heterocycles. The molecule has 14 heavy (non-hydrogen) atoms. The van der Waals surface area contributed by atoms with E-state index in [-0.39, 0.29) is 0 Å². The highest BCUT2D eigenvalue weighted by Gasteiger charge is 2.44. The van der Waals surface area contributed by atoms with Crippen molar-refractivity contribution in [2.24, 2.45) is 5.73 Å². The highest BCUT2D eigenvalue weighted by atomic mass is 15.2. The van der Waals surface area contributed by atoms with Gasteiger partial charge in [0.1, 0.15) is 0 Å². The van der Waals surface area contributed by atoms with Crippen LogP contribution in [0.25, 0.3) is 0 Å². The lowest BCUT2D eigenvalue weighted by molar-refractivity contribution is 0.000723. The predicted octanol–water partition coefficient (Wildman–Crippen LogP) is 2.13. The number of hydrogen-bond acceptors (Lipinski definition) is 2. The van der Waals surface area contributed by atoms with Crippen LogP contribution in [0.3, 0.4) is 0 Å². The highest BCUT2D eigenvalue weighted by Crippen LogP contribution is 2.40. The lowest BCUT2D eigenvalue weighted by Gasteiger charge is -2.53. The third-order valence-corrected chi connectivity index (χ3v) is 4.30. The third-order valence-electron chi connectivity index (χ3n) is 4.30. The van der Waals surface area contributed by atoms with Gasteiger partial charge in [0.2, 0.25) is 0 Å². The molecule has 0 aromatic heterocycles. The molecule has 1 saturated carbocycles. The number of rotatable bonds is 2. The third kappa shape index (κ3) is 1.70. The lowest BCUT2D eigenvalue weighted by atomic mass is 9.70. The van der Waals surface area contributed by atoms with Crippen molar-refractivity contribution in [2.75, 3.05) is 13.1 Å². The molecule has 2 fully saturated rings. The Kier molecular flexibility index (Phi) is 3.13. The molecule has 2 N–H and O–H groups in total. The summed E-state index contributed by atoms with van der Waals surface area (Å²) < 4.78 is 0. The maximum absolute atomic E-state index is 6.17. The molecule has 0 radical (unpaired) electrons. The first-order valence-electron chi connectivity index (χ1n) is 6.26. The fourth-order valence-electron chi connectivity index (χ4n) is 3.11. The van der Waals surface area contributed by atoms with E-state index in [2.05, 4.69) is 11.8 Å². The molecular formula is C12H24N2. The van der Waals surface area contributed by atoms with Crippen molar-refractivity contribution in [3.05, 3.63) is 0 Å². The molecule has 0 bridgehead atoms. The van der Waals surface area contributed by atoms with Gasteiger partial charge in [-0.05, 0) is 52.1 Å². The van der Waals surface area contributed by atoms with Gasteiger partial charge in [-0.3, -0.25) is 4.90 Å². The fraction of sp³-hybridized carbons (Fsp3) is 1.00. The topological polar surface area (TPSA) is 29.3 Å². The SMILES string of the molecule is CC(N)C1(N2CCCCCC2)CCC1. The van der Waals surface area contributed by atoms with Gasteiger partial charge in [-0.1, -0.05) is 12.8 Å². The van der Waals surface area contributed by atoms with Crippen molar-refractivity contribution in [1.29, 1.82) is 0 Å². The predicted molar refractivity (Wildman–Crippen MR) is 60.3 cm³/mol. The number of hydrogen-bond donors (Lipinski definition) is 1. The Balaban J connectivity index is 2.02. The van der Waals surface area contributed by atoms with E-state index in [1.807, 2.05) is 0 Å². The first kappa shape index (κ1) is 10.4. The molecule has 0 aromatic carbocycles. The van der Waals surface area contributed by atoms with Crippen LogP contribution < -0.4 is 5.73 Å². The second-order valence-electron chi connectivity index (χ2n) is 5.15. The summed E-state index contributed by atoms with van der Waals surface area (Å²) >= 11 is 0. The smallest absolute Gasteiger partial charge is 0.0357 e. The van der Waals surface area contributed by atoms with Gasteiger partial charge in [-0.2, -0.15) is 0 Å². The summed E-state index contributed by atoms with van der Waals surface area (Å²) in [5.74, 6) is 0. The number of nitrogens with two attached hydrogens (primary N) is 1. The zero-order valence-corrected chi connectivity index (χ0v) is 9.47. The first-order valence-corrected chi connectivity index (χ1v) is 6.26. The minimum absolute atomic E-state index is 0.356. The van der Waals surface area contributed by atoms with E-state index in [0.717, 1.165) is 0 Å². The summed E-state index contributed by atoms with van der Waals surface area (Å²) in [6, 6.07) is 0.356. The molecule has 82 valence electrons. The zero-order valence-electron chi connectivity index (χ0n) is 9.47. The fourth-order valence-corrected chi connectivity index (χ4v) is 3.11. The molecule has 2 nitrogen and oxygen atoms in total. The van der Waals surface area contributed by atoms with Crippen LogP contribution in [0.2, 0.25) is 0 Å². The summed E-state index contributed by atoms with van der Waals surface area (Å²) in [6.45, 7) is 4.78. The van der Waals surface area contributed by atoms with Crippen LogP contribution in [-0.2, 0) is 0 Å². The van der Waals surface area contributed by atoms with Crippen molar-refractivity contribution in [3.63, 3.8) is 0 Å². The van der Waals surface area contributed by atoms with Gasteiger partial charge >= 0.3 is 0 Å². The van der Waals surface area contributed by atoms with E-state index < -0.39 is 0 Å². The van der Waals surface area contributed by atoms with Crippen molar-refractivity contribution in [3.8, 4) is 0 Å². The van der Waals surface area contributed by atoms with Gasteiger partial charge in [-0.15, -0.1) is 0 Å². The summed E-state index contributed by atoms with van der Waals surface area (Å²) in [6.07, 6.45) is 9.67. The van der Waals surface area contributed by atoms with Crippen LogP contribution in [0, 0.1) is 0 Å². The molecule has 1 heterocycles. The van der Waals surface area contributed by atoms with Crippen LogP contribution in [0.5, 0.6) is 0 Å². The molecule has 2 heteroatoms. The molecular weight excluding hydrogens is 172 g/mol. The standard InChI is InChI=1S/C12H24N2/c1-11(13)12(7-6-8-12)14-9-4-2-3-5-10-14/h11H,2-10,13H2,1H3. The quantitative estimate of drug-likeness (QED) is 0.733. The number of likely N-dealkylation sites (tertiary alicyclic amines) is 1. The van der Waals surface area contributed by atoms with Gasteiger partial charge in [0.15, 0.2) is 0 Å². The molecule has 1 aliphatic carbocycles. The van der Waals surface area contributed by atoms with E-state index in [0.29, 0.717) is 11.6 Å². The molecule has 2 rings (SSSR count). The normalized spacial score (nSPS) is 30.4. The largest absolute Gasteiger partial charge is 0.326 e. The summed E-state index contributed by atoms with van der Waals surface area (Å²) in [5.41, 5.74) is 6.57. The van der Waals surface area contributed by atoms with E-state index >= 15 is 0 Å². The Morgan fingerprint density at radius 3 is 1.93 bits per heavy atom. The van der Waals surface area contributed by atoms with Gasteiger partial charge in [0, 0.05) is 11.6 Å². The first-order chi connectivity index (χ1) is 6.76. The maximum Gasteiger partial charge on any atom is 0.0357 e. The zero-order chi connectivity index (χ0) is 10.0. The molecule has 0 aromatic rings. The van der Waals surface area contributed by atoms with Crippen molar-refractivity contribution in [2.45, 2.75) is 63.5 Å². The second-order valence-corrected chi connectivity index (χ2v) is 5.15. The van der Waals surface area contributed by atoms with Crippen LogP contribution in [0.15, 0.2) is 0 Å². The average Bonchev–Trinajstić information content (AvgIpc) is 2.30. The van der Waals surface area contributed by atoms with E-state index in [1.165, 1.54) is 58.0 Å². The van der Waals surface area contributed by atoms with E-state index in [4.69, 9.17) is 5.73 Å². The summed E-state index contributed by atoms with van der Waals surface area (Å²) in [4.78, 5) is 2.70. The monoisotopic (exact) mass is 196 g/mol. The van der Waals surface area contributed by atoms with E-state index in [1.54, 1.807) is 0 Å². The Morgan fingerprint density at radius 2 is 1.57 bits per heavy atom. The number of nitrogens with zero attached hydrogens (tertiary/aromatic N) is 1. The van der Waals surface area contributed by atoms with Crippen molar-refractivity contribution in [1.82, 2.24) is 4.90 Å². The molecule has 0 amide bonds. The summed E-state index contributed by atoms with van der Waals surface area (Å²) in [7, 11) is 0. The molecule has 1 atom stereocenters. The van der Waals surface area contributed by atoms with Crippen LogP contribution in [-0.4, -0.2) is 29.6 Å². The van der Waals surface area contributed by atoms with Crippen molar-refractivity contribution < 1.29 is 0 Å². The summed E-state index contributed by atoms with van der Waals surface area (Å²) in [5, 5.41) is 0. The second kappa shape index (κ2) is 4.19. The minimum atomic E-state index is 0.356. The van der Waals surface area contributed by atoms with E-state index in [9.17, 15) is 0 Å². The van der Waals surface area contributed by atoms with Crippen LogP contribution in [0.1, 0.15) is 51.9 Å². The Labute approximate surface area is 87.8 Å². The van der Waals surface area contributed by atoms with Crippen LogP contribution in [0.4, 0.5) is 0 Å². The van der Waals surface area contributed by atoms with Gasteiger partial charge in [-0.25, -0.2) is 0 Å². The van der Waals surface area contributed by atoms with Gasteiger partial charge in [0.05, 0.1) is 0 Å². The molecule has 2 aliphatic rings. The lowest BCUT2D eigenvalue weighted by Crippen LogP contribution is -2.63. The Morgan fingerprint density at radius 1 is 1.00 bits per heavy atom. The maximum atomic E-state index is 6.17. The van der Waals surface area contributed by atoms with Gasteiger partial charge < -0.3 is 5.73 Å². The minimum Gasteiger partial charge on any atom is -0.326 e. The van der Waals surface area contributed by atoms with Crippen LogP contribution >= 0.6 is 0 Å². The molecule has 1 aliphatic heterocycles. The molecule has 0 spiro atoms. The van der Waals surface area contributed by atoms with Gasteiger partial charge in [0.25, 0.3) is 0 Å². The average molecular weight is 196 g/mol.